The Kier molecular flexibility index (Phi) is 9.64. The summed E-state index contributed by atoms with van der Waals surface area (Å²) in [4.78, 5) is 29.3. The molecule has 1 atom stereocenters. The van der Waals surface area contributed by atoms with Crippen molar-refractivity contribution in [3.63, 3.8) is 0 Å². The van der Waals surface area contributed by atoms with Crippen molar-refractivity contribution < 1.29 is 18.0 Å². The number of hydrogen-bond acceptors (Lipinski definition) is 4. The molecule has 7 nitrogen and oxygen atoms in total. The molecule has 4 rings (SSSR count). The van der Waals surface area contributed by atoms with Crippen LogP contribution in [0.4, 0.5) is 5.69 Å². The van der Waals surface area contributed by atoms with Gasteiger partial charge in [0, 0.05) is 24.0 Å². The summed E-state index contributed by atoms with van der Waals surface area (Å²) in [5, 5.41) is 3.62. The number of para-hydroxylation sites is 1. The second-order valence-electron chi connectivity index (χ2n) is 9.91. The number of rotatable bonds is 11. The van der Waals surface area contributed by atoms with Gasteiger partial charge in [0.25, 0.3) is 0 Å². The average Bonchev–Trinajstić information content (AvgIpc) is 3.43. The predicted molar refractivity (Wildman–Crippen MR) is 155 cm³/mol. The van der Waals surface area contributed by atoms with Crippen LogP contribution in [0.2, 0.25) is 5.02 Å². The number of sulfonamides is 1. The lowest BCUT2D eigenvalue weighted by molar-refractivity contribution is -0.140. The molecule has 1 fully saturated rings. The molecule has 1 aliphatic carbocycles. The molecule has 0 bridgehead atoms. The van der Waals surface area contributed by atoms with E-state index in [2.05, 4.69) is 5.32 Å². The van der Waals surface area contributed by atoms with E-state index in [0.29, 0.717) is 16.3 Å². The smallest absolute Gasteiger partial charge is 0.244 e. The molecule has 0 aliphatic heterocycles. The molecule has 9 heteroatoms. The summed E-state index contributed by atoms with van der Waals surface area (Å²) in [7, 11) is -3.79. The standard InChI is InChI=1S/C30H34ClN3O4S/c1-39(37,38)34(26-17-6-3-7-18-26)22-29(35)33(21-24-14-8-11-19-27(24)31)28(20-23-12-4-2-5-13-23)30(36)32-25-15-9-10-16-25/h2-8,11-14,17-19,25,28H,9-10,15-16,20-22H2,1H3,(H,32,36). The van der Waals surface area contributed by atoms with Gasteiger partial charge >= 0.3 is 0 Å². The average molecular weight is 568 g/mol. The topological polar surface area (TPSA) is 86.8 Å². The largest absolute Gasteiger partial charge is 0.352 e. The molecule has 1 aliphatic rings. The Balaban J connectivity index is 1.72. The third-order valence-corrected chi connectivity index (χ3v) is 8.50. The molecule has 0 aromatic heterocycles. The zero-order valence-electron chi connectivity index (χ0n) is 22.0. The maximum Gasteiger partial charge on any atom is 0.244 e. The van der Waals surface area contributed by atoms with Gasteiger partial charge in [0.2, 0.25) is 21.8 Å². The lowest BCUT2D eigenvalue weighted by Crippen LogP contribution is -2.54. The van der Waals surface area contributed by atoms with Gasteiger partial charge in [-0.3, -0.25) is 13.9 Å². The van der Waals surface area contributed by atoms with E-state index >= 15 is 0 Å². The quantitative estimate of drug-likeness (QED) is 0.360. The van der Waals surface area contributed by atoms with Gasteiger partial charge in [0.05, 0.1) is 11.9 Å². The number of carbonyl (C=O) groups is 2. The van der Waals surface area contributed by atoms with Gasteiger partial charge in [-0.05, 0) is 42.2 Å². The predicted octanol–water partition coefficient (Wildman–Crippen LogP) is 4.80. The van der Waals surface area contributed by atoms with Crippen LogP contribution in [-0.2, 0) is 32.6 Å². The summed E-state index contributed by atoms with van der Waals surface area (Å²) < 4.78 is 26.6. The van der Waals surface area contributed by atoms with Crippen molar-refractivity contribution in [1.29, 1.82) is 0 Å². The molecule has 1 saturated carbocycles. The Hall–Kier alpha value is -3.36. The Morgan fingerprint density at radius 3 is 2.13 bits per heavy atom. The normalized spacial score (nSPS) is 14.5. The van der Waals surface area contributed by atoms with Crippen LogP contribution in [0.15, 0.2) is 84.9 Å². The number of halogens is 1. The van der Waals surface area contributed by atoms with Crippen molar-refractivity contribution in [2.24, 2.45) is 0 Å². The molecular weight excluding hydrogens is 534 g/mol. The number of benzene rings is 3. The molecular formula is C30H34ClN3O4S. The first-order valence-electron chi connectivity index (χ1n) is 13.1. The maximum atomic E-state index is 14.1. The van der Waals surface area contributed by atoms with Crippen LogP contribution in [0.5, 0.6) is 0 Å². The first-order valence-corrected chi connectivity index (χ1v) is 15.3. The van der Waals surface area contributed by atoms with E-state index in [9.17, 15) is 18.0 Å². The fourth-order valence-electron chi connectivity index (χ4n) is 4.94. The van der Waals surface area contributed by atoms with Crippen LogP contribution in [-0.4, -0.2) is 50.0 Å². The number of anilines is 1. The zero-order chi connectivity index (χ0) is 27.8. The van der Waals surface area contributed by atoms with Crippen LogP contribution in [0.25, 0.3) is 0 Å². The number of carbonyl (C=O) groups excluding carboxylic acids is 2. The van der Waals surface area contributed by atoms with E-state index in [1.165, 1.54) is 4.90 Å². The third kappa shape index (κ3) is 7.83. The highest BCUT2D eigenvalue weighted by Crippen LogP contribution is 2.24. The lowest BCUT2D eigenvalue weighted by Gasteiger charge is -2.34. The van der Waals surface area contributed by atoms with Crippen LogP contribution in [0.1, 0.15) is 36.8 Å². The number of hydrogen-bond donors (Lipinski definition) is 1. The molecule has 39 heavy (non-hydrogen) atoms. The van der Waals surface area contributed by atoms with Gasteiger partial charge in [0.1, 0.15) is 12.6 Å². The molecule has 0 heterocycles. The summed E-state index contributed by atoms with van der Waals surface area (Å²) >= 11 is 6.48. The molecule has 3 aromatic carbocycles. The van der Waals surface area contributed by atoms with Gasteiger partial charge in [-0.25, -0.2) is 8.42 Å². The molecule has 0 spiro atoms. The minimum absolute atomic E-state index is 0.0560. The Bertz CT molecular complexity index is 1360. The summed E-state index contributed by atoms with van der Waals surface area (Å²) in [5.74, 6) is -0.747. The summed E-state index contributed by atoms with van der Waals surface area (Å²) in [6.07, 6.45) is 5.25. The fourth-order valence-corrected chi connectivity index (χ4v) is 5.98. The first-order chi connectivity index (χ1) is 18.7. The van der Waals surface area contributed by atoms with E-state index in [1.807, 2.05) is 42.5 Å². The van der Waals surface area contributed by atoms with E-state index in [0.717, 1.165) is 41.8 Å². The highest BCUT2D eigenvalue weighted by Gasteiger charge is 2.34. The highest BCUT2D eigenvalue weighted by atomic mass is 35.5. The van der Waals surface area contributed by atoms with Crippen molar-refractivity contribution in [3.8, 4) is 0 Å². The summed E-state index contributed by atoms with van der Waals surface area (Å²) in [5.41, 5.74) is 1.94. The summed E-state index contributed by atoms with van der Waals surface area (Å²) in [6, 6.07) is 24.4. The highest BCUT2D eigenvalue weighted by molar-refractivity contribution is 7.92. The van der Waals surface area contributed by atoms with Crippen molar-refractivity contribution in [2.75, 3.05) is 17.1 Å². The molecule has 0 radical (unpaired) electrons. The molecule has 206 valence electrons. The van der Waals surface area contributed by atoms with Gasteiger partial charge in [-0.15, -0.1) is 0 Å². The molecule has 0 saturated heterocycles. The monoisotopic (exact) mass is 567 g/mol. The van der Waals surface area contributed by atoms with Crippen LogP contribution >= 0.6 is 11.6 Å². The maximum absolute atomic E-state index is 14.1. The van der Waals surface area contributed by atoms with Crippen LogP contribution < -0.4 is 9.62 Å². The van der Waals surface area contributed by atoms with Crippen molar-refractivity contribution in [3.05, 3.63) is 101 Å². The minimum atomic E-state index is -3.79. The Morgan fingerprint density at radius 2 is 1.51 bits per heavy atom. The van der Waals surface area contributed by atoms with Gasteiger partial charge < -0.3 is 10.2 Å². The SMILES string of the molecule is CS(=O)(=O)N(CC(=O)N(Cc1ccccc1Cl)C(Cc1ccccc1)C(=O)NC1CCCC1)c1ccccc1. The van der Waals surface area contributed by atoms with Crippen molar-refractivity contribution in [1.82, 2.24) is 10.2 Å². The van der Waals surface area contributed by atoms with Crippen molar-refractivity contribution in [2.45, 2.75) is 50.7 Å². The Morgan fingerprint density at radius 1 is 0.923 bits per heavy atom. The molecule has 1 unspecified atom stereocenters. The fraction of sp³-hybridized carbons (Fsp3) is 0.333. The second kappa shape index (κ2) is 13.1. The number of nitrogens with zero attached hydrogens (tertiary/aromatic N) is 2. The van der Waals surface area contributed by atoms with Gasteiger partial charge in [-0.1, -0.05) is 91.2 Å². The lowest BCUT2D eigenvalue weighted by atomic mass is 10.0. The van der Waals surface area contributed by atoms with E-state index < -0.39 is 28.5 Å². The minimum Gasteiger partial charge on any atom is -0.352 e. The molecule has 1 N–H and O–H groups in total. The third-order valence-electron chi connectivity index (χ3n) is 6.99. The van der Waals surface area contributed by atoms with Crippen LogP contribution in [0, 0.1) is 0 Å². The van der Waals surface area contributed by atoms with Crippen molar-refractivity contribution >= 4 is 39.1 Å². The molecule has 3 aromatic rings. The first kappa shape index (κ1) is 28.6. The number of amides is 2. The number of nitrogens with one attached hydrogen (secondary N) is 1. The van der Waals surface area contributed by atoms with E-state index in [4.69, 9.17) is 11.6 Å². The van der Waals surface area contributed by atoms with E-state index in [-0.39, 0.29) is 24.9 Å². The zero-order valence-corrected chi connectivity index (χ0v) is 23.6. The Labute approximate surface area is 235 Å². The van der Waals surface area contributed by atoms with Crippen LogP contribution in [0.3, 0.4) is 0 Å². The molecule has 2 amide bonds. The summed E-state index contributed by atoms with van der Waals surface area (Å²) in [6.45, 7) is -0.393. The van der Waals surface area contributed by atoms with Gasteiger partial charge in [0.15, 0.2) is 0 Å². The van der Waals surface area contributed by atoms with E-state index in [1.54, 1.807) is 42.5 Å². The second-order valence-corrected chi connectivity index (χ2v) is 12.2. The van der Waals surface area contributed by atoms with Gasteiger partial charge in [-0.2, -0.15) is 0 Å².